The van der Waals surface area contributed by atoms with Gasteiger partial charge in [0, 0.05) is 29.8 Å². The maximum absolute atomic E-state index is 12.9. The molecule has 0 aliphatic carbocycles. The normalized spacial score (nSPS) is 17.6. The van der Waals surface area contributed by atoms with Gasteiger partial charge in [0.1, 0.15) is 5.56 Å². The zero-order chi connectivity index (χ0) is 23.7. The lowest BCUT2D eigenvalue weighted by Crippen LogP contribution is -2.41. The molecule has 9 heteroatoms. The summed E-state index contributed by atoms with van der Waals surface area (Å²) in [5.74, 6) is -0.268. The van der Waals surface area contributed by atoms with Crippen LogP contribution in [0.5, 0.6) is 0 Å². The van der Waals surface area contributed by atoms with Crippen molar-refractivity contribution in [1.29, 1.82) is 0 Å². The van der Waals surface area contributed by atoms with E-state index in [1.54, 1.807) is 19.1 Å². The van der Waals surface area contributed by atoms with E-state index in [4.69, 9.17) is 14.0 Å². The summed E-state index contributed by atoms with van der Waals surface area (Å²) in [6, 6.07) is 5.34. The lowest BCUT2D eigenvalue weighted by atomic mass is 9.78. The van der Waals surface area contributed by atoms with Gasteiger partial charge >= 0.3 is 13.1 Å². The molecule has 32 heavy (non-hydrogen) atoms. The fraction of sp³-hybridized carbons (Fsp3) is 0.435. The zero-order valence-electron chi connectivity index (χ0n) is 19.2. The molecule has 0 saturated carbocycles. The van der Waals surface area contributed by atoms with Crippen LogP contribution in [-0.2, 0) is 18.8 Å². The van der Waals surface area contributed by atoms with Crippen molar-refractivity contribution in [2.75, 3.05) is 12.4 Å². The minimum atomic E-state index is -0.660. The molecule has 1 fully saturated rings. The Hall–Kier alpha value is -2.36. The average molecular weight is 457 g/mol. The lowest BCUT2D eigenvalue weighted by molar-refractivity contribution is -0.109. The third-order valence-electron chi connectivity index (χ3n) is 5.75. The van der Waals surface area contributed by atoms with Crippen molar-refractivity contribution in [3.63, 3.8) is 0 Å². The van der Waals surface area contributed by atoms with Gasteiger partial charge in [-0.15, -0.1) is 0 Å². The third kappa shape index (κ3) is 5.00. The van der Waals surface area contributed by atoms with Crippen molar-refractivity contribution in [2.45, 2.75) is 52.7 Å². The summed E-state index contributed by atoms with van der Waals surface area (Å²) < 4.78 is 17.3. The number of aromatic nitrogens is 1. The Labute approximate surface area is 192 Å². The Morgan fingerprint density at radius 1 is 1.19 bits per heavy atom. The monoisotopic (exact) mass is 457 g/mol. The largest absolute Gasteiger partial charge is 0.491 e. The van der Waals surface area contributed by atoms with Crippen LogP contribution in [0.3, 0.4) is 0 Å². The number of carbonyl (C=O) groups excluding carboxylic acids is 2. The Morgan fingerprint density at radius 3 is 2.44 bits per heavy atom. The first-order chi connectivity index (χ1) is 14.9. The number of pyridine rings is 1. The van der Waals surface area contributed by atoms with Gasteiger partial charge in [0.15, 0.2) is 5.12 Å². The van der Waals surface area contributed by atoms with Crippen molar-refractivity contribution in [1.82, 2.24) is 4.98 Å². The molecular weight excluding hydrogens is 429 g/mol. The number of hydrogen-bond donors (Lipinski definition) is 1. The number of benzene rings is 1. The standard InChI is InChI=1S/C23H28BNO6S/c1-7-29-21(28)18-12-25-19-9-8-15(11-17(19)20(18)27)10-16(13-32-14(2)26)24-30-22(3,4)23(5,6)31-24/h8-12H,7,13H2,1-6H3,(H,25,27). The fourth-order valence-corrected chi connectivity index (χ4v) is 3.85. The maximum Gasteiger partial charge on any atom is 0.491 e. The number of nitrogens with one attached hydrogen (secondary N) is 1. The van der Waals surface area contributed by atoms with Gasteiger partial charge in [-0.2, -0.15) is 0 Å². The number of thioether (sulfide) groups is 1. The smallest absolute Gasteiger partial charge is 0.462 e. The molecule has 0 spiro atoms. The molecule has 7 nitrogen and oxygen atoms in total. The summed E-state index contributed by atoms with van der Waals surface area (Å²) in [5.41, 5.74) is 0.635. The molecule has 0 bridgehead atoms. The minimum Gasteiger partial charge on any atom is -0.462 e. The highest BCUT2D eigenvalue weighted by Crippen LogP contribution is 2.39. The highest BCUT2D eigenvalue weighted by Gasteiger charge is 2.52. The van der Waals surface area contributed by atoms with E-state index >= 15 is 0 Å². The van der Waals surface area contributed by atoms with Gasteiger partial charge in [-0.05, 0) is 57.8 Å². The number of carbonyl (C=O) groups is 2. The van der Waals surface area contributed by atoms with Crippen LogP contribution in [0.1, 0.15) is 57.5 Å². The van der Waals surface area contributed by atoms with E-state index in [2.05, 4.69) is 4.98 Å². The molecule has 0 atom stereocenters. The van der Waals surface area contributed by atoms with Gasteiger partial charge in [-0.25, -0.2) is 4.79 Å². The summed E-state index contributed by atoms with van der Waals surface area (Å²) in [6.07, 6.45) is 3.24. The molecule has 1 saturated heterocycles. The molecule has 0 unspecified atom stereocenters. The molecule has 0 radical (unpaired) electrons. The number of fused-ring (bicyclic) bond motifs is 1. The average Bonchev–Trinajstić information content (AvgIpc) is 2.92. The Kier molecular flexibility index (Phi) is 7.02. The van der Waals surface area contributed by atoms with Crippen LogP contribution in [0, 0.1) is 0 Å². The van der Waals surface area contributed by atoms with Crippen LogP contribution >= 0.6 is 11.8 Å². The first-order valence-electron chi connectivity index (χ1n) is 10.5. The number of hydrogen-bond acceptors (Lipinski definition) is 7. The van der Waals surface area contributed by atoms with Gasteiger partial charge in [0.25, 0.3) is 0 Å². The van der Waals surface area contributed by atoms with E-state index in [0.717, 1.165) is 11.0 Å². The highest BCUT2D eigenvalue weighted by atomic mass is 32.2. The number of aromatic amines is 1. The number of ether oxygens (including phenoxy) is 1. The van der Waals surface area contributed by atoms with Crippen LogP contribution in [0.25, 0.3) is 17.0 Å². The minimum absolute atomic E-state index is 0.0125. The van der Waals surface area contributed by atoms with Gasteiger partial charge in [-0.1, -0.05) is 23.9 Å². The van der Waals surface area contributed by atoms with Crippen molar-refractivity contribution >= 4 is 46.9 Å². The van der Waals surface area contributed by atoms with Gasteiger partial charge in [0.2, 0.25) is 5.43 Å². The molecule has 1 N–H and O–H groups in total. The van der Waals surface area contributed by atoms with Crippen LogP contribution in [0.2, 0.25) is 0 Å². The van der Waals surface area contributed by atoms with Crippen LogP contribution in [0.4, 0.5) is 0 Å². The van der Waals surface area contributed by atoms with E-state index in [0.29, 0.717) is 16.7 Å². The predicted molar refractivity (Wildman–Crippen MR) is 128 cm³/mol. The molecule has 3 rings (SSSR count). The van der Waals surface area contributed by atoms with E-state index in [1.807, 2.05) is 39.8 Å². The number of H-pyrrole nitrogens is 1. The highest BCUT2D eigenvalue weighted by molar-refractivity contribution is 8.13. The molecule has 1 aliphatic heterocycles. The number of esters is 1. The van der Waals surface area contributed by atoms with E-state index in [-0.39, 0.29) is 17.3 Å². The van der Waals surface area contributed by atoms with Crippen LogP contribution in [-0.4, -0.2) is 46.7 Å². The second-order valence-electron chi connectivity index (χ2n) is 8.64. The molecule has 1 aromatic carbocycles. The van der Waals surface area contributed by atoms with Crippen molar-refractivity contribution in [3.05, 3.63) is 51.2 Å². The van der Waals surface area contributed by atoms with Crippen molar-refractivity contribution in [2.24, 2.45) is 0 Å². The summed E-state index contributed by atoms with van der Waals surface area (Å²) in [4.78, 5) is 39.6. The van der Waals surface area contributed by atoms with Crippen LogP contribution in [0.15, 0.2) is 34.7 Å². The molecular formula is C23H28BNO6S. The lowest BCUT2D eigenvalue weighted by Gasteiger charge is -2.32. The first kappa shape index (κ1) is 24.3. The first-order valence-corrected chi connectivity index (χ1v) is 11.5. The summed E-state index contributed by atoms with van der Waals surface area (Å²) >= 11 is 1.17. The van der Waals surface area contributed by atoms with E-state index in [1.165, 1.54) is 24.9 Å². The quantitative estimate of drug-likeness (QED) is 0.518. The zero-order valence-corrected chi connectivity index (χ0v) is 20.1. The third-order valence-corrected chi connectivity index (χ3v) is 6.63. The van der Waals surface area contributed by atoms with Gasteiger partial charge in [-0.3, -0.25) is 9.59 Å². The second-order valence-corrected chi connectivity index (χ2v) is 9.80. The molecule has 2 heterocycles. The van der Waals surface area contributed by atoms with Crippen molar-refractivity contribution < 1.29 is 23.6 Å². The molecule has 170 valence electrons. The predicted octanol–water partition coefficient (Wildman–Crippen LogP) is 4.00. The summed E-state index contributed by atoms with van der Waals surface area (Å²) in [6.45, 7) is 11.3. The Morgan fingerprint density at radius 2 is 1.84 bits per heavy atom. The van der Waals surface area contributed by atoms with Crippen molar-refractivity contribution in [3.8, 4) is 0 Å². The maximum atomic E-state index is 12.9. The molecule has 0 amide bonds. The van der Waals surface area contributed by atoms with E-state index < -0.39 is 29.7 Å². The SMILES string of the molecule is CCOC(=O)c1c[nH]c2ccc(C=C(CSC(C)=O)B3OC(C)(C)C(C)(C)O3)cc2c1=O. The number of rotatable bonds is 6. The van der Waals surface area contributed by atoms with Crippen LogP contribution < -0.4 is 5.43 Å². The Bertz CT molecular complexity index is 1120. The Balaban J connectivity index is 2.03. The topological polar surface area (TPSA) is 94.7 Å². The second kappa shape index (κ2) is 9.25. The molecule has 2 aromatic rings. The summed E-state index contributed by atoms with van der Waals surface area (Å²) in [5, 5.41) is 0.359. The van der Waals surface area contributed by atoms with Gasteiger partial charge in [0.05, 0.1) is 17.8 Å². The molecule has 1 aliphatic rings. The van der Waals surface area contributed by atoms with E-state index in [9.17, 15) is 14.4 Å². The van der Waals surface area contributed by atoms with Gasteiger partial charge < -0.3 is 19.0 Å². The summed E-state index contributed by atoms with van der Waals surface area (Å²) in [7, 11) is -0.619. The fourth-order valence-electron chi connectivity index (χ4n) is 3.26. The molecule has 1 aromatic heterocycles.